The van der Waals surface area contributed by atoms with Crippen molar-refractivity contribution in [3.8, 4) is 0 Å². The van der Waals surface area contributed by atoms with E-state index in [0.29, 0.717) is 19.7 Å². The third kappa shape index (κ3) is 6.91. The van der Waals surface area contributed by atoms with E-state index in [9.17, 15) is 9.59 Å². The van der Waals surface area contributed by atoms with Gasteiger partial charge in [0.05, 0.1) is 6.54 Å². The lowest BCUT2D eigenvalue weighted by Crippen LogP contribution is -2.42. The van der Waals surface area contributed by atoms with Crippen LogP contribution in [0.4, 0.5) is 0 Å². The van der Waals surface area contributed by atoms with Crippen LogP contribution in [0, 0.1) is 5.92 Å². The van der Waals surface area contributed by atoms with Gasteiger partial charge in [-0.05, 0) is 6.42 Å². The second-order valence-corrected chi connectivity index (χ2v) is 4.03. The monoisotopic (exact) mass is 245 g/mol. The van der Waals surface area contributed by atoms with Crippen LogP contribution in [0.1, 0.15) is 13.3 Å². The number of nitrogens with zero attached hydrogens (tertiary/aromatic N) is 1. The fourth-order valence-electron chi connectivity index (χ4n) is 1.27. The van der Waals surface area contributed by atoms with Gasteiger partial charge in [-0.15, -0.1) is 0 Å². The van der Waals surface area contributed by atoms with E-state index in [-0.39, 0.29) is 24.3 Å². The Morgan fingerprint density at radius 1 is 1.47 bits per heavy atom. The fourth-order valence-corrected chi connectivity index (χ4v) is 1.27. The largest absolute Gasteiger partial charge is 0.385 e. The average molecular weight is 245 g/mol. The van der Waals surface area contributed by atoms with E-state index in [1.165, 1.54) is 4.90 Å². The predicted molar refractivity (Wildman–Crippen MR) is 65.4 cm³/mol. The molecule has 0 rings (SSSR count). The lowest BCUT2D eigenvalue weighted by molar-refractivity contribution is -0.137. The van der Waals surface area contributed by atoms with Crippen LogP contribution in [0.25, 0.3) is 0 Å². The summed E-state index contributed by atoms with van der Waals surface area (Å²) < 4.78 is 4.86. The SMILES string of the molecule is COCCCNC(=O)CN(C)C(=O)C(C)CN. The molecule has 0 saturated heterocycles. The number of nitrogens with two attached hydrogens (primary N) is 1. The third-order valence-electron chi connectivity index (χ3n) is 2.38. The van der Waals surface area contributed by atoms with Crippen LogP contribution in [0.15, 0.2) is 0 Å². The highest BCUT2D eigenvalue weighted by Crippen LogP contribution is 1.97. The number of carbonyl (C=O) groups excluding carboxylic acids is 2. The smallest absolute Gasteiger partial charge is 0.239 e. The van der Waals surface area contributed by atoms with Crippen LogP contribution >= 0.6 is 0 Å². The van der Waals surface area contributed by atoms with Crippen molar-refractivity contribution in [3.63, 3.8) is 0 Å². The fraction of sp³-hybridized carbons (Fsp3) is 0.818. The quantitative estimate of drug-likeness (QED) is 0.548. The summed E-state index contributed by atoms with van der Waals surface area (Å²) in [6.45, 7) is 3.27. The van der Waals surface area contributed by atoms with Gasteiger partial charge in [0.1, 0.15) is 0 Å². The van der Waals surface area contributed by atoms with Crippen LogP contribution < -0.4 is 11.1 Å². The number of rotatable bonds is 8. The summed E-state index contributed by atoms with van der Waals surface area (Å²) in [7, 11) is 3.21. The molecule has 6 nitrogen and oxygen atoms in total. The number of likely N-dealkylation sites (N-methyl/N-ethyl adjacent to an activating group) is 1. The van der Waals surface area contributed by atoms with Gasteiger partial charge >= 0.3 is 0 Å². The van der Waals surface area contributed by atoms with E-state index in [2.05, 4.69) is 5.32 Å². The van der Waals surface area contributed by atoms with E-state index < -0.39 is 0 Å². The Morgan fingerprint density at radius 3 is 2.65 bits per heavy atom. The molecule has 1 unspecified atom stereocenters. The molecule has 0 aromatic heterocycles. The zero-order valence-corrected chi connectivity index (χ0v) is 10.9. The maximum Gasteiger partial charge on any atom is 0.239 e. The Balaban J connectivity index is 3.83. The van der Waals surface area contributed by atoms with Crippen molar-refractivity contribution in [2.24, 2.45) is 11.7 Å². The van der Waals surface area contributed by atoms with Crippen molar-refractivity contribution in [1.29, 1.82) is 0 Å². The zero-order chi connectivity index (χ0) is 13.3. The summed E-state index contributed by atoms with van der Waals surface area (Å²) in [5, 5.41) is 2.72. The molecule has 0 radical (unpaired) electrons. The van der Waals surface area contributed by atoms with Crippen molar-refractivity contribution in [1.82, 2.24) is 10.2 Å². The van der Waals surface area contributed by atoms with Crippen LogP contribution in [0.5, 0.6) is 0 Å². The molecule has 100 valence electrons. The molecule has 0 fully saturated rings. The molecule has 0 aliphatic carbocycles. The van der Waals surface area contributed by atoms with Gasteiger partial charge in [-0.1, -0.05) is 6.92 Å². The number of hydrogen-bond donors (Lipinski definition) is 2. The summed E-state index contributed by atoms with van der Waals surface area (Å²) in [6.07, 6.45) is 0.763. The number of amides is 2. The van der Waals surface area contributed by atoms with Crippen molar-refractivity contribution in [3.05, 3.63) is 0 Å². The number of ether oxygens (including phenoxy) is 1. The zero-order valence-electron chi connectivity index (χ0n) is 10.9. The van der Waals surface area contributed by atoms with Gasteiger partial charge in [0, 0.05) is 39.8 Å². The van der Waals surface area contributed by atoms with Crippen LogP contribution in [0.2, 0.25) is 0 Å². The first-order valence-electron chi connectivity index (χ1n) is 5.73. The van der Waals surface area contributed by atoms with E-state index in [0.717, 1.165) is 6.42 Å². The lowest BCUT2D eigenvalue weighted by Gasteiger charge is -2.20. The maximum atomic E-state index is 11.6. The molecule has 0 spiro atoms. The third-order valence-corrected chi connectivity index (χ3v) is 2.38. The van der Waals surface area contributed by atoms with Crippen molar-refractivity contribution < 1.29 is 14.3 Å². The second kappa shape index (κ2) is 8.95. The van der Waals surface area contributed by atoms with Gasteiger partial charge < -0.3 is 20.7 Å². The first-order valence-corrected chi connectivity index (χ1v) is 5.73. The number of nitrogens with one attached hydrogen (secondary N) is 1. The number of methoxy groups -OCH3 is 1. The molecule has 6 heteroatoms. The Kier molecular flexibility index (Phi) is 8.35. The first-order chi connectivity index (χ1) is 8.02. The molecule has 17 heavy (non-hydrogen) atoms. The van der Waals surface area contributed by atoms with Crippen molar-refractivity contribution >= 4 is 11.8 Å². The minimum atomic E-state index is -0.249. The van der Waals surface area contributed by atoms with Crippen molar-refractivity contribution in [2.45, 2.75) is 13.3 Å². The molecule has 0 aliphatic heterocycles. The van der Waals surface area contributed by atoms with E-state index >= 15 is 0 Å². The lowest BCUT2D eigenvalue weighted by atomic mass is 10.1. The Morgan fingerprint density at radius 2 is 2.12 bits per heavy atom. The van der Waals surface area contributed by atoms with Gasteiger partial charge in [-0.2, -0.15) is 0 Å². The van der Waals surface area contributed by atoms with E-state index in [1.807, 2.05) is 0 Å². The van der Waals surface area contributed by atoms with Gasteiger partial charge in [0.25, 0.3) is 0 Å². The minimum absolute atomic E-state index is 0.0656. The molecule has 0 bridgehead atoms. The molecule has 0 saturated carbocycles. The summed E-state index contributed by atoms with van der Waals surface area (Å²) >= 11 is 0. The molecule has 0 aliphatic rings. The molecule has 3 N–H and O–H groups in total. The molecule has 2 amide bonds. The Bertz CT molecular complexity index is 246. The number of hydrogen-bond acceptors (Lipinski definition) is 4. The predicted octanol–water partition coefficient (Wildman–Crippen LogP) is -0.808. The minimum Gasteiger partial charge on any atom is -0.385 e. The van der Waals surface area contributed by atoms with E-state index in [4.69, 9.17) is 10.5 Å². The maximum absolute atomic E-state index is 11.6. The van der Waals surface area contributed by atoms with Gasteiger partial charge in [0.15, 0.2) is 0 Å². The summed E-state index contributed by atoms with van der Waals surface area (Å²) in [6, 6.07) is 0. The van der Waals surface area contributed by atoms with Gasteiger partial charge in [-0.25, -0.2) is 0 Å². The highest BCUT2D eigenvalue weighted by molar-refractivity contribution is 5.85. The van der Waals surface area contributed by atoms with Crippen molar-refractivity contribution in [2.75, 3.05) is 40.4 Å². The molecular formula is C11H23N3O3. The Hall–Kier alpha value is -1.14. The van der Waals surface area contributed by atoms with Crippen LogP contribution in [-0.2, 0) is 14.3 Å². The molecule has 0 heterocycles. The van der Waals surface area contributed by atoms with Gasteiger partial charge in [0.2, 0.25) is 11.8 Å². The van der Waals surface area contributed by atoms with Crippen LogP contribution in [-0.4, -0.2) is 57.1 Å². The standard InChI is InChI=1S/C11H23N3O3/c1-9(7-12)11(16)14(2)8-10(15)13-5-4-6-17-3/h9H,4-8,12H2,1-3H3,(H,13,15). The van der Waals surface area contributed by atoms with Crippen LogP contribution in [0.3, 0.4) is 0 Å². The first kappa shape index (κ1) is 15.9. The van der Waals surface area contributed by atoms with E-state index in [1.54, 1.807) is 21.1 Å². The normalized spacial score (nSPS) is 12.0. The second-order valence-electron chi connectivity index (χ2n) is 4.03. The molecule has 0 aromatic rings. The summed E-state index contributed by atoms with van der Waals surface area (Å²) in [4.78, 5) is 24.5. The Labute approximate surface area is 102 Å². The topological polar surface area (TPSA) is 84.7 Å². The molecule has 0 aromatic carbocycles. The highest BCUT2D eigenvalue weighted by Gasteiger charge is 2.17. The average Bonchev–Trinajstić information content (AvgIpc) is 2.32. The summed E-state index contributed by atoms with van der Waals surface area (Å²) in [5.74, 6) is -0.526. The number of carbonyl (C=O) groups is 2. The summed E-state index contributed by atoms with van der Waals surface area (Å²) in [5.41, 5.74) is 5.39. The molecule has 1 atom stereocenters. The highest BCUT2D eigenvalue weighted by atomic mass is 16.5. The van der Waals surface area contributed by atoms with Gasteiger partial charge in [-0.3, -0.25) is 9.59 Å². The molecular weight excluding hydrogens is 222 g/mol.